The number of fused-ring (bicyclic) bond motifs is 2. The van der Waals surface area contributed by atoms with Gasteiger partial charge in [0, 0.05) is 37.4 Å². The van der Waals surface area contributed by atoms with Crippen LogP contribution in [0, 0.1) is 0 Å². The van der Waals surface area contributed by atoms with Crippen molar-refractivity contribution in [1.29, 1.82) is 0 Å². The summed E-state index contributed by atoms with van der Waals surface area (Å²) < 4.78 is 28.5. The molecule has 1 aromatic heterocycles. The quantitative estimate of drug-likeness (QED) is 0.745. The fourth-order valence-corrected chi connectivity index (χ4v) is 4.46. The Bertz CT molecular complexity index is 1120. The number of nitrogens with zero attached hydrogens (tertiary/aromatic N) is 2. The Balaban J connectivity index is 1.99. The summed E-state index contributed by atoms with van der Waals surface area (Å²) in [5, 5.41) is 10.9. The fraction of sp³-hybridized carbons (Fsp3) is 0.158. The molecule has 0 aliphatic carbocycles. The maximum atomic E-state index is 12.9. The molecule has 4 rings (SSSR count). The average molecular weight is 369 g/mol. The number of para-hydroxylation sites is 1. The van der Waals surface area contributed by atoms with Crippen molar-refractivity contribution in [2.75, 3.05) is 14.1 Å². The highest BCUT2D eigenvalue weighted by Crippen LogP contribution is 2.41. The molecule has 0 saturated carbocycles. The van der Waals surface area contributed by atoms with Gasteiger partial charge in [-0.1, -0.05) is 36.4 Å². The second kappa shape index (κ2) is 5.89. The van der Waals surface area contributed by atoms with E-state index in [2.05, 4.69) is 4.98 Å². The first-order valence-electron chi connectivity index (χ1n) is 8.18. The van der Waals surface area contributed by atoms with E-state index in [1.807, 2.05) is 30.3 Å². The number of hydrogen-bond donors (Lipinski definition) is 2. The van der Waals surface area contributed by atoms with Crippen LogP contribution < -0.4 is 0 Å². The van der Waals surface area contributed by atoms with Crippen molar-refractivity contribution in [3.8, 4) is 5.75 Å². The lowest BCUT2D eigenvalue weighted by atomic mass is 9.92. The number of rotatable bonds is 3. The van der Waals surface area contributed by atoms with Crippen LogP contribution >= 0.6 is 0 Å². The lowest BCUT2D eigenvalue weighted by Gasteiger charge is -2.35. The van der Waals surface area contributed by atoms with Gasteiger partial charge in [-0.2, -0.15) is 12.7 Å². The van der Waals surface area contributed by atoms with Crippen molar-refractivity contribution in [1.82, 2.24) is 13.6 Å². The van der Waals surface area contributed by atoms with Crippen LogP contribution in [0.1, 0.15) is 22.7 Å². The van der Waals surface area contributed by atoms with Crippen LogP contribution in [0.4, 0.5) is 0 Å². The van der Waals surface area contributed by atoms with Gasteiger partial charge in [0.2, 0.25) is 0 Å². The molecule has 7 heteroatoms. The molecule has 2 N–H and O–H groups in total. The maximum absolute atomic E-state index is 12.9. The zero-order valence-electron chi connectivity index (χ0n) is 14.4. The first-order valence-corrected chi connectivity index (χ1v) is 9.58. The molecule has 0 saturated heterocycles. The van der Waals surface area contributed by atoms with Gasteiger partial charge in [-0.05, 0) is 23.3 Å². The van der Waals surface area contributed by atoms with Crippen molar-refractivity contribution in [3.05, 3.63) is 71.6 Å². The molecule has 26 heavy (non-hydrogen) atoms. The normalized spacial score (nSPS) is 17.0. The second-order valence-electron chi connectivity index (χ2n) is 6.41. The SMILES string of the molecule is CN(C)S(=O)(=O)N1C=Cc2ccccc2C1c1c[nH]c2c(O)cccc12. The highest BCUT2D eigenvalue weighted by atomic mass is 32.2. The molecule has 1 atom stereocenters. The molecule has 0 fully saturated rings. The van der Waals surface area contributed by atoms with Crippen LogP contribution in [0.25, 0.3) is 17.0 Å². The molecule has 3 aromatic rings. The minimum Gasteiger partial charge on any atom is -0.506 e. The van der Waals surface area contributed by atoms with Crippen LogP contribution in [0.5, 0.6) is 5.75 Å². The Morgan fingerprint density at radius 1 is 1.08 bits per heavy atom. The summed E-state index contributed by atoms with van der Waals surface area (Å²) in [5.74, 6) is 0.135. The van der Waals surface area contributed by atoms with Crippen molar-refractivity contribution in [2.24, 2.45) is 0 Å². The molecule has 0 amide bonds. The van der Waals surface area contributed by atoms with Crippen LogP contribution in [-0.2, 0) is 10.2 Å². The monoisotopic (exact) mass is 369 g/mol. The van der Waals surface area contributed by atoms with Gasteiger partial charge >= 0.3 is 10.2 Å². The average Bonchev–Trinajstić information content (AvgIpc) is 3.05. The standard InChI is InChI=1S/C19H19N3O3S/c1-21(2)26(24,25)22-11-10-13-6-3-4-7-14(13)19(22)16-12-20-18-15(16)8-5-9-17(18)23/h3-12,19-20,23H,1-2H3. The van der Waals surface area contributed by atoms with E-state index < -0.39 is 16.3 Å². The first-order chi connectivity index (χ1) is 12.4. The molecule has 0 bridgehead atoms. The molecule has 1 unspecified atom stereocenters. The summed E-state index contributed by atoms with van der Waals surface area (Å²) in [6, 6.07) is 12.4. The highest BCUT2D eigenvalue weighted by molar-refractivity contribution is 7.86. The topological polar surface area (TPSA) is 76.6 Å². The summed E-state index contributed by atoms with van der Waals surface area (Å²) >= 11 is 0. The van der Waals surface area contributed by atoms with Crippen molar-refractivity contribution in [2.45, 2.75) is 6.04 Å². The number of hydrogen-bond acceptors (Lipinski definition) is 3. The van der Waals surface area contributed by atoms with E-state index in [1.165, 1.54) is 22.7 Å². The molecule has 6 nitrogen and oxygen atoms in total. The zero-order chi connectivity index (χ0) is 18.5. The number of H-pyrrole nitrogens is 1. The van der Waals surface area contributed by atoms with E-state index >= 15 is 0 Å². The molecule has 1 aliphatic rings. The summed E-state index contributed by atoms with van der Waals surface area (Å²) in [6.07, 6.45) is 5.17. The van der Waals surface area contributed by atoms with Crippen LogP contribution in [0.2, 0.25) is 0 Å². The number of aromatic amines is 1. The predicted molar refractivity (Wildman–Crippen MR) is 102 cm³/mol. The third-order valence-corrected chi connectivity index (χ3v) is 6.48. The summed E-state index contributed by atoms with van der Waals surface area (Å²) in [6.45, 7) is 0. The van der Waals surface area contributed by atoms with Crippen LogP contribution in [0.15, 0.2) is 54.9 Å². The van der Waals surface area contributed by atoms with E-state index in [0.717, 1.165) is 22.1 Å². The Hall–Kier alpha value is -2.77. The lowest BCUT2D eigenvalue weighted by molar-refractivity contribution is 0.403. The fourth-order valence-electron chi connectivity index (χ4n) is 3.38. The van der Waals surface area contributed by atoms with Crippen LogP contribution in [0.3, 0.4) is 0 Å². The number of aromatic hydroxyl groups is 1. The smallest absolute Gasteiger partial charge is 0.303 e. The number of nitrogens with one attached hydrogen (secondary N) is 1. The summed E-state index contributed by atoms with van der Waals surface area (Å²) in [5.41, 5.74) is 3.25. The minimum atomic E-state index is -3.69. The van der Waals surface area contributed by atoms with E-state index in [0.29, 0.717) is 5.52 Å². The van der Waals surface area contributed by atoms with Gasteiger partial charge in [0.25, 0.3) is 0 Å². The van der Waals surface area contributed by atoms with Gasteiger partial charge < -0.3 is 10.1 Å². The summed E-state index contributed by atoms with van der Waals surface area (Å²) in [7, 11) is -0.662. The van der Waals surface area contributed by atoms with Crippen molar-refractivity contribution in [3.63, 3.8) is 0 Å². The lowest BCUT2D eigenvalue weighted by Crippen LogP contribution is -2.40. The number of aromatic nitrogens is 1. The molecule has 2 aromatic carbocycles. The molecule has 1 aliphatic heterocycles. The van der Waals surface area contributed by atoms with E-state index in [4.69, 9.17) is 0 Å². The minimum absolute atomic E-state index is 0.135. The Labute approximate surface area is 152 Å². The van der Waals surface area contributed by atoms with E-state index in [9.17, 15) is 13.5 Å². The molecule has 0 radical (unpaired) electrons. The molecular formula is C19H19N3O3S. The zero-order valence-corrected chi connectivity index (χ0v) is 15.2. The Kier molecular flexibility index (Phi) is 3.78. The van der Waals surface area contributed by atoms with Gasteiger partial charge in [-0.25, -0.2) is 0 Å². The first kappa shape index (κ1) is 16.7. The van der Waals surface area contributed by atoms with Crippen molar-refractivity contribution < 1.29 is 13.5 Å². The molecular weight excluding hydrogens is 350 g/mol. The maximum Gasteiger partial charge on any atom is 0.303 e. The summed E-state index contributed by atoms with van der Waals surface area (Å²) in [4.78, 5) is 3.08. The largest absolute Gasteiger partial charge is 0.506 e. The molecule has 134 valence electrons. The third kappa shape index (κ3) is 2.40. The molecule has 0 spiro atoms. The van der Waals surface area contributed by atoms with Crippen LogP contribution in [-0.4, -0.2) is 41.2 Å². The van der Waals surface area contributed by atoms with Crippen molar-refractivity contribution >= 4 is 27.2 Å². The highest BCUT2D eigenvalue weighted by Gasteiger charge is 2.35. The predicted octanol–water partition coefficient (Wildman–Crippen LogP) is 3.06. The van der Waals surface area contributed by atoms with E-state index in [1.54, 1.807) is 30.6 Å². The van der Waals surface area contributed by atoms with Gasteiger partial charge in [0.05, 0.1) is 11.6 Å². The van der Waals surface area contributed by atoms with Gasteiger partial charge in [-0.3, -0.25) is 4.31 Å². The Morgan fingerprint density at radius 2 is 1.85 bits per heavy atom. The van der Waals surface area contributed by atoms with Gasteiger partial charge in [-0.15, -0.1) is 0 Å². The molecule has 2 heterocycles. The second-order valence-corrected chi connectivity index (χ2v) is 8.46. The number of phenols is 1. The number of benzene rings is 2. The third-order valence-electron chi connectivity index (χ3n) is 4.69. The van der Waals surface area contributed by atoms with Gasteiger partial charge in [0.15, 0.2) is 0 Å². The van der Waals surface area contributed by atoms with E-state index in [-0.39, 0.29) is 5.75 Å². The number of phenolic OH excluding ortho intramolecular Hbond substituents is 1. The van der Waals surface area contributed by atoms with Gasteiger partial charge in [0.1, 0.15) is 5.75 Å². The Morgan fingerprint density at radius 3 is 2.62 bits per heavy atom.